The summed E-state index contributed by atoms with van der Waals surface area (Å²) in [4.78, 5) is 25.7. The molecule has 0 aliphatic carbocycles. The molecule has 108 valence electrons. The van der Waals surface area contributed by atoms with Gasteiger partial charge in [0.05, 0.1) is 5.92 Å². The first-order valence-corrected chi connectivity index (χ1v) is 7.75. The zero-order valence-corrected chi connectivity index (χ0v) is 12.2. The monoisotopic (exact) mass is 294 g/mol. The molecule has 1 heterocycles. The maximum Gasteiger partial charge on any atom is 0.321 e. The quantitative estimate of drug-likeness (QED) is 0.841. The standard InChI is InChI=1S/C14H18N2O3S/c1-20-12-4-2-11(3-5-12)15-14(19)16-8-6-10(7-9-16)13(17)18/h2-5,10H,6-9H2,1H3,(H,15,19)(H,17,18). The number of anilines is 1. The largest absolute Gasteiger partial charge is 0.481 e. The number of nitrogens with zero attached hydrogens (tertiary/aromatic N) is 1. The summed E-state index contributed by atoms with van der Waals surface area (Å²) in [5.74, 6) is -1.09. The van der Waals surface area contributed by atoms with E-state index >= 15 is 0 Å². The van der Waals surface area contributed by atoms with Crippen LogP contribution in [-0.2, 0) is 4.79 Å². The highest BCUT2D eigenvalue weighted by Crippen LogP contribution is 2.20. The van der Waals surface area contributed by atoms with Crippen LogP contribution >= 0.6 is 11.8 Å². The van der Waals surface area contributed by atoms with E-state index in [2.05, 4.69) is 5.32 Å². The number of amides is 2. The van der Waals surface area contributed by atoms with E-state index in [0.717, 1.165) is 10.6 Å². The van der Waals surface area contributed by atoms with E-state index in [9.17, 15) is 9.59 Å². The van der Waals surface area contributed by atoms with Crippen LogP contribution in [0.5, 0.6) is 0 Å². The van der Waals surface area contributed by atoms with Crippen LogP contribution in [-0.4, -0.2) is 41.4 Å². The molecule has 0 radical (unpaired) electrons. The first-order chi connectivity index (χ1) is 9.60. The number of carbonyl (C=O) groups is 2. The lowest BCUT2D eigenvalue weighted by atomic mass is 9.97. The van der Waals surface area contributed by atoms with E-state index in [1.807, 2.05) is 30.5 Å². The summed E-state index contributed by atoms with van der Waals surface area (Å²) in [7, 11) is 0. The number of thioether (sulfide) groups is 1. The van der Waals surface area contributed by atoms with Gasteiger partial charge in [0.1, 0.15) is 0 Å². The van der Waals surface area contributed by atoms with Crippen molar-refractivity contribution >= 4 is 29.4 Å². The van der Waals surface area contributed by atoms with Crippen molar-refractivity contribution in [1.29, 1.82) is 0 Å². The number of likely N-dealkylation sites (tertiary alicyclic amines) is 1. The lowest BCUT2D eigenvalue weighted by molar-refractivity contribution is -0.143. The van der Waals surface area contributed by atoms with Crippen molar-refractivity contribution < 1.29 is 14.7 Å². The molecule has 0 aromatic heterocycles. The Balaban J connectivity index is 1.87. The van der Waals surface area contributed by atoms with Crippen molar-refractivity contribution in [2.45, 2.75) is 17.7 Å². The van der Waals surface area contributed by atoms with Crippen molar-refractivity contribution in [1.82, 2.24) is 4.90 Å². The second-order valence-electron chi connectivity index (χ2n) is 4.76. The minimum atomic E-state index is -0.766. The van der Waals surface area contributed by atoms with E-state index in [4.69, 9.17) is 5.11 Å². The van der Waals surface area contributed by atoms with E-state index in [0.29, 0.717) is 25.9 Å². The van der Waals surface area contributed by atoms with Crippen LogP contribution in [0.1, 0.15) is 12.8 Å². The second kappa shape index (κ2) is 6.65. The summed E-state index contributed by atoms with van der Waals surface area (Å²) in [5.41, 5.74) is 0.758. The number of aliphatic carboxylic acids is 1. The van der Waals surface area contributed by atoms with Gasteiger partial charge in [-0.15, -0.1) is 11.8 Å². The van der Waals surface area contributed by atoms with Crippen LogP contribution in [0.3, 0.4) is 0 Å². The molecule has 2 rings (SSSR count). The number of carboxylic acids is 1. The Labute approximate surface area is 122 Å². The summed E-state index contributed by atoms with van der Waals surface area (Å²) < 4.78 is 0. The Kier molecular flexibility index (Phi) is 4.89. The van der Waals surface area contributed by atoms with Gasteiger partial charge in [-0.2, -0.15) is 0 Å². The normalized spacial score (nSPS) is 15.9. The van der Waals surface area contributed by atoms with E-state index in [1.54, 1.807) is 16.7 Å². The van der Waals surface area contributed by atoms with E-state index < -0.39 is 5.97 Å². The molecular formula is C14H18N2O3S. The number of carbonyl (C=O) groups excluding carboxylic acids is 1. The molecule has 20 heavy (non-hydrogen) atoms. The molecule has 1 aromatic rings. The number of hydrogen-bond acceptors (Lipinski definition) is 3. The molecule has 1 aliphatic rings. The van der Waals surface area contributed by atoms with Crippen molar-refractivity contribution in [3.63, 3.8) is 0 Å². The fourth-order valence-electron chi connectivity index (χ4n) is 2.21. The summed E-state index contributed by atoms with van der Waals surface area (Å²) >= 11 is 1.65. The molecule has 1 aliphatic heterocycles. The number of nitrogens with one attached hydrogen (secondary N) is 1. The zero-order chi connectivity index (χ0) is 14.5. The smallest absolute Gasteiger partial charge is 0.321 e. The number of piperidine rings is 1. The van der Waals surface area contributed by atoms with Gasteiger partial charge in [-0.3, -0.25) is 4.79 Å². The third-order valence-electron chi connectivity index (χ3n) is 3.47. The highest BCUT2D eigenvalue weighted by atomic mass is 32.2. The molecule has 1 fully saturated rings. The maximum atomic E-state index is 12.1. The molecule has 1 aromatic carbocycles. The number of carboxylic acid groups (broad SMARTS) is 1. The predicted octanol–water partition coefficient (Wildman–Crippen LogP) is 2.74. The molecule has 0 unspecified atom stereocenters. The van der Waals surface area contributed by atoms with Gasteiger partial charge in [0.15, 0.2) is 0 Å². The lowest BCUT2D eigenvalue weighted by Crippen LogP contribution is -2.42. The molecule has 5 nitrogen and oxygen atoms in total. The third-order valence-corrected chi connectivity index (χ3v) is 4.22. The van der Waals surface area contributed by atoms with Crippen LogP contribution in [0.2, 0.25) is 0 Å². The van der Waals surface area contributed by atoms with Gasteiger partial charge < -0.3 is 15.3 Å². The van der Waals surface area contributed by atoms with Crippen molar-refractivity contribution in [3.8, 4) is 0 Å². The molecule has 0 saturated carbocycles. The first-order valence-electron chi connectivity index (χ1n) is 6.53. The fraction of sp³-hybridized carbons (Fsp3) is 0.429. The SMILES string of the molecule is CSc1ccc(NC(=O)N2CCC(C(=O)O)CC2)cc1. The Morgan fingerprint density at radius 1 is 1.25 bits per heavy atom. The van der Waals surface area contributed by atoms with Crippen LogP contribution in [0, 0.1) is 5.92 Å². The van der Waals surface area contributed by atoms with Crippen LogP contribution in [0.4, 0.5) is 10.5 Å². The van der Waals surface area contributed by atoms with Crippen LogP contribution in [0.25, 0.3) is 0 Å². The number of rotatable bonds is 3. The van der Waals surface area contributed by atoms with Crippen molar-refractivity contribution in [2.75, 3.05) is 24.7 Å². The minimum absolute atomic E-state index is 0.161. The Hall–Kier alpha value is -1.69. The Morgan fingerprint density at radius 2 is 1.85 bits per heavy atom. The average molecular weight is 294 g/mol. The van der Waals surface area contributed by atoms with Crippen LogP contribution < -0.4 is 5.32 Å². The molecule has 6 heteroatoms. The summed E-state index contributed by atoms with van der Waals surface area (Å²) in [6.45, 7) is 0.984. The lowest BCUT2D eigenvalue weighted by Gasteiger charge is -2.30. The molecule has 2 N–H and O–H groups in total. The summed E-state index contributed by atoms with van der Waals surface area (Å²) in [6, 6.07) is 7.49. The minimum Gasteiger partial charge on any atom is -0.481 e. The average Bonchev–Trinajstić information content (AvgIpc) is 2.48. The maximum absolute atomic E-state index is 12.1. The summed E-state index contributed by atoms with van der Waals surface area (Å²) in [5, 5.41) is 11.8. The van der Waals surface area contributed by atoms with Gasteiger partial charge in [-0.1, -0.05) is 0 Å². The second-order valence-corrected chi connectivity index (χ2v) is 5.64. The number of urea groups is 1. The van der Waals surface area contributed by atoms with Crippen molar-refractivity contribution in [3.05, 3.63) is 24.3 Å². The van der Waals surface area contributed by atoms with Gasteiger partial charge in [-0.25, -0.2) is 4.79 Å². The topological polar surface area (TPSA) is 69.6 Å². The van der Waals surface area contributed by atoms with Crippen molar-refractivity contribution in [2.24, 2.45) is 5.92 Å². The highest BCUT2D eigenvalue weighted by molar-refractivity contribution is 7.98. The molecule has 2 amide bonds. The molecular weight excluding hydrogens is 276 g/mol. The molecule has 0 bridgehead atoms. The Morgan fingerprint density at radius 3 is 2.35 bits per heavy atom. The van der Waals surface area contributed by atoms with Gasteiger partial charge in [-0.05, 0) is 43.4 Å². The van der Waals surface area contributed by atoms with Gasteiger partial charge in [0.2, 0.25) is 0 Å². The number of hydrogen-bond donors (Lipinski definition) is 2. The highest BCUT2D eigenvalue weighted by Gasteiger charge is 2.26. The summed E-state index contributed by atoms with van der Waals surface area (Å²) in [6.07, 6.45) is 3.04. The third kappa shape index (κ3) is 3.66. The fourth-order valence-corrected chi connectivity index (χ4v) is 2.61. The molecule has 0 atom stereocenters. The van der Waals surface area contributed by atoms with Crippen LogP contribution in [0.15, 0.2) is 29.2 Å². The van der Waals surface area contributed by atoms with Gasteiger partial charge >= 0.3 is 12.0 Å². The van der Waals surface area contributed by atoms with E-state index in [1.165, 1.54) is 0 Å². The molecule has 0 spiro atoms. The Bertz CT molecular complexity index is 482. The van der Waals surface area contributed by atoms with E-state index in [-0.39, 0.29) is 11.9 Å². The molecule has 1 saturated heterocycles. The number of benzene rings is 1. The predicted molar refractivity (Wildman–Crippen MR) is 79.2 cm³/mol. The van der Waals surface area contributed by atoms with Gasteiger partial charge in [0, 0.05) is 23.7 Å². The zero-order valence-electron chi connectivity index (χ0n) is 11.3. The van der Waals surface area contributed by atoms with Gasteiger partial charge in [0.25, 0.3) is 0 Å². The first kappa shape index (κ1) is 14.7.